The topological polar surface area (TPSA) is 83.9 Å². The normalized spacial score (nSPS) is 16.1. The number of carbonyl (C=O) groups is 1. The first-order valence-corrected chi connectivity index (χ1v) is 12.1. The van der Waals surface area contributed by atoms with Gasteiger partial charge in [-0.2, -0.15) is 0 Å². The Bertz CT molecular complexity index is 1270. The molecule has 0 saturated carbocycles. The number of aryl methyl sites for hydroxylation is 2. The maximum atomic E-state index is 13.9. The zero-order valence-electron chi connectivity index (χ0n) is 18.8. The van der Waals surface area contributed by atoms with Gasteiger partial charge in [0.2, 0.25) is 0 Å². The Morgan fingerprint density at radius 1 is 1.18 bits per heavy atom. The molecule has 1 N–H and O–H groups in total. The van der Waals surface area contributed by atoms with E-state index < -0.39 is 0 Å². The Morgan fingerprint density at radius 3 is 2.82 bits per heavy atom. The number of carbonyl (C=O) groups excluding carboxylic acids is 1. The standard InChI is InChI=1S/C25H26N6OS/c1-3-21-29-30-24(33-21)20-10-9-18(14-28-20)25(32)31(19-8-5-12-26-15-19)23-22-16(2)6-4-7-17(22)11-13-27-23/h4,6-7,9-11,13-14,19,26H,3,5,8,12,15H2,1-2H3/t19-/m1/s1. The van der Waals surface area contributed by atoms with E-state index in [4.69, 9.17) is 4.98 Å². The molecule has 1 aromatic carbocycles. The molecule has 33 heavy (non-hydrogen) atoms. The van der Waals surface area contributed by atoms with Gasteiger partial charge in [-0.15, -0.1) is 10.2 Å². The van der Waals surface area contributed by atoms with E-state index >= 15 is 0 Å². The van der Waals surface area contributed by atoms with Crippen LogP contribution in [0.25, 0.3) is 21.5 Å². The van der Waals surface area contributed by atoms with E-state index in [2.05, 4.69) is 46.5 Å². The van der Waals surface area contributed by atoms with E-state index in [1.54, 1.807) is 12.4 Å². The van der Waals surface area contributed by atoms with E-state index in [0.717, 1.165) is 64.4 Å². The summed E-state index contributed by atoms with van der Waals surface area (Å²) in [5.74, 6) is 0.627. The van der Waals surface area contributed by atoms with Gasteiger partial charge >= 0.3 is 0 Å². The number of nitrogens with zero attached hydrogens (tertiary/aromatic N) is 5. The van der Waals surface area contributed by atoms with Gasteiger partial charge in [0.15, 0.2) is 5.01 Å². The predicted molar refractivity (Wildman–Crippen MR) is 132 cm³/mol. The number of benzene rings is 1. The van der Waals surface area contributed by atoms with Crippen LogP contribution in [-0.4, -0.2) is 45.2 Å². The van der Waals surface area contributed by atoms with Crippen LogP contribution >= 0.6 is 11.3 Å². The van der Waals surface area contributed by atoms with Gasteiger partial charge in [0.1, 0.15) is 16.5 Å². The number of rotatable bonds is 5. The van der Waals surface area contributed by atoms with Crippen LogP contribution in [0.2, 0.25) is 0 Å². The maximum Gasteiger partial charge on any atom is 0.261 e. The average Bonchev–Trinajstić information content (AvgIpc) is 3.35. The molecule has 1 aliphatic heterocycles. The van der Waals surface area contributed by atoms with Gasteiger partial charge in [-0.25, -0.2) is 4.98 Å². The average molecular weight is 459 g/mol. The van der Waals surface area contributed by atoms with Gasteiger partial charge in [0.05, 0.1) is 11.6 Å². The van der Waals surface area contributed by atoms with Crippen LogP contribution in [0.5, 0.6) is 0 Å². The van der Waals surface area contributed by atoms with Gasteiger partial charge in [-0.05, 0) is 61.9 Å². The molecule has 0 spiro atoms. The molecule has 1 aliphatic rings. The first-order valence-electron chi connectivity index (χ1n) is 11.3. The van der Waals surface area contributed by atoms with Crippen LogP contribution < -0.4 is 10.2 Å². The number of piperidine rings is 1. The van der Waals surface area contributed by atoms with Crippen molar-refractivity contribution >= 4 is 33.8 Å². The molecule has 5 rings (SSSR count). The van der Waals surface area contributed by atoms with Crippen LogP contribution in [0.1, 0.15) is 40.7 Å². The molecule has 4 aromatic rings. The van der Waals surface area contributed by atoms with Gasteiger partial charge < -0.3 is 5.32 Å². The second kappa shape index (κ2) is 9.33. The van der Waals surface area contributed by atoms with Crippen LogP contribution in [0.4, 0.5) is 5.82 Å². The minimum absolute atomic E-state index is 0.0268. The summed E-state index contributed by atoms with van der Waals surface area (Å²) in [6, 6.07) is 11.9. The molecule has 168 valence electrons. The Hall–Kier alpha value is -3.23. The number of hydrogen-bond donors (Lipinski definition) is 1. The van der Waals surface area contributed by atoms with E-state index in [1.807, 2.05) is 29.2 Å². The second-order valence-electron chi connectivity index (χ2n) is 8.27. The molecule has 1 amide bonds. The molecular formula is C25H26N6OS. The molecule has 8 heteroatoms. The lowest BCUT2D eigenvalue weighted by Gasteiger charge is -2.34. The van der Waals surface area contributed by atoms with Crippen molar-refractivity contribution in [2.45, 2.75) is 39.2 Å². The molecule has 3 aromatic heterocycles. The van der Waals surface area contributed by atoms with E-state index in [-0.39, 0.29) is 11.9 Å². The first kappa shape index (κ1) is 21.6. The molecule has 1 atom stereocenters. The molecule has 1 saturated heterocycles. The fourth-order valence-electron chi connectivity index (χ4n) is 4.34. The first-order chi connectivity index (χ1) is 16.2. The molecule has 7 nitrogen and oxygen atoms in total. The second-order valence-corrected chi connectivity index (χ2v) is 9.33. The van der Waals surface area contributed by atoms with Crippen molar-refractivity contribution in [3.8, 4) is 10.7 Å². The summed E-state index contributed by atoms with van der Waals surface area (Å²) in [7, 11) is 0. The summed E-state index contributed by atoms with van der Waals surface area (Å²) in [5.41, 5.74) is 2.37. The predicted octanol–water partition coefficient (Wildman–Crippen LogP) is 4.42. The van der Waals surface area contributed by atoms with Gasteiger partial charge in [0, 0.05) is 24.3 Å². The monoisotopic (exact) mass is 458 g/mol. The van der Waals surface area contributed by atoms with Crippen LogP contribution in [-0.2, 0) is 6.42 Å². The molecule has 1 fully saturated rings. The third-order valence-electron chi connectivity index (χ3n) is 6.06. The Balaban J connectivity index is 1.54. The highest BCUT2D eigenvalue weighted by atomic mass is 32.1. The summed E-state index contributed by atoms with van der Waals surface area (Å²) in [6.07, 6.45) is 6.22. The van der Waals surface area contributed by atoms with Gasteiger partial charge in [0.25, 0.3) is 5.91 Å². The zero-order chi connectivity index (χ0) is 22.8. The summed E-state index contributed by atoms with van der Waals surface area (Å²) in [5, 5.41) is 15.7. The Labute approximate surface area is 196 Å². The summed E-state index contributed by atoms with van der Waals surface area (Å²) in [6.45, 7) is 5.83. The molecule has 0 radical (unpaired) electrons. The molecular weight excluding hydrogens is 432 g/mol. The van der Waals surface area contributed by atoms with Crippen molar-refractivity contribution in [2.75, 3.05) is 18.0 Å². The number of amides is 1. The SMILES string of the molecule is CCc1nnc(-c2ccc(C(=O)N(c3nccc4cccc(C)c34)[C@@H]3CCCNC3)cn2)s1. The number of nitrogens with one attached hydrogen (secondary N) is 1. The van der Waals surface area contributed by atoms with Crippen LogP contribution in [0.15, 0.2) is 48.8 Å². The van der Waals surface area contributed by atoms with Crippen molar-refractivity contribution in [3.05, 3.63) is 64.9 Å². The number of anilines is 1. The third-order valence-corrected chi connectivity index (χ3v) is 7.15. The lowest BCUT2D eigenvalue weighted by molar-refractivity contribution is 0.0971. The lowest BCUT2D eigenvalue weighted by Crippen LogP contribution is -2.49. The van der Waals surface area contributed by atoms with Crippen molar-refractivity contribution in [1.82, 2.24) is 25.5 Å². The van der Waals surface area contributed by atoms with E-state index in [0.29, 0.717) is 11.4 Å². The smallest absolute Gasteiger partial charge is 0.261 e. The van der Waals surface area contributed by atoms with Gasteiger partial charge in [-0.1, -0.05) is 36.5 Å². The van der Waals surface area contributed by atoms with Gasteiger partial charge in [-0.3, -0.25) is 14.7 Å². The quantitative estimate of drug-likeness (QED) is 0.477. The Morgan fingerprint density at radius 2 is 2.09 bits per heavy atom. The number of hydrogen-bond acceptors (Lipinski definition) is 7. The molecule has 0 bridgehead atoms. The van der Waals surface area contributed by atoms with Crippen molar-refractivity contribution < 1.29 is 4.79 Å². The van der Waals surface area contributed by atoms with E-state index in [1.165, 1.54) is 11.3 Å². The number of pyridine rings is 2. The fraction of sp³-hybridized carbons (Fsp3) is 0.320. The lowest BCUT2D eigenvalue weighted by atomic mass is 10.0. The largest absolute Gasteiger partial charge is 0.315 e. The van der Waals surface area contributed by atoms with Crippen molar-refractivity contribution in [3.63, 3.8) is 0 Å². The fourth-order valence-corrected chi connectivity index (χ4v) is 5.10. The van der Waals surface area contributed by atoms with E-state index in [9.17, 15) is 4.79 Å². The van der Waals surface area contributed by atoms with Crippen LogP contribution in [0, 0.1) is 6.92 Å². The number of fused-ring (bicyclic) bond motifs is 1. The minimum Gasteiger partial charge on any atom is -0.315 e. The highest BCUT2D eigenvalue weighted by molar-refractivity contribution is 7.14. The number of aromatic nitrogens is 4. The third kappa shape index (κ3) is 4.24. The minimum atomic E-state index is -0.0856. The van der Waals surface area contributed by atoms with Crippen molar-refractivity contribution in [2.24, 2.45) is 0 Å². The maximum absolute atomic E-state index is 13.9. The highest BCUT2D eigenvalue weighted by Gasteiger charge is 2.30. The highest BCUT2D eigenvalue weighted by Crippen LogP contribution is 2.31. The Kier molecular flexibility index (Phi) is 6.11. The summed E-state index contributed by atoms with van der Waals surface area (Å²) < 4.78 is 0. The molecule has 0 aliphatic carbocycles. The molecule has 0 unspecified atom stereocenters. The van der Waals surface area contributed by atoms with Crippen molar-refractivity contribution in [1.29, 1.82) is 0 Å². The van der Waals surface area contributed by atoms with Crippen LogP contribution in [0.3, 0.4) is 0 Å². The molecule has 4 heterocycles. The summed E-state index contributed by atoms with van der Waals surface area (Å²) in [4.78, 5) is 25.0. The zero-order valence-corrected chi connectivity index (χ0v) is 19.6. The summed E-state index contributed by atoms with van der Waals surface area (Å²) >= 11 is 1.53.